The molecule has 0 spiro atoms. The number of aromatic nitrogens is 4. The number of nitrogen functional groups attached to an aromatic ring is 1. The number of rotatable bonds is 4. The molecule has 7 nitrogen and oxygen atoms in total. The summed E-state index contributed by atoms with van der Waals surface area (Å²) in [6, 6.07) is 10.4. The summed E-state index contributed by atoms with van der Waals surface area (Å²) in [5, 5.41) is 0. The van der Waals surface area contributed by atoms with Crippen molar-refractivity contribution in [3.63, 3.8) is 0 Å². The van der Waals surface area contributed by atoms with Gasteiger partial charge in [0.05, 0.1) is 23.8 Å². The highest BCUT2D eigenvalue weighted by Crippen LogP contribution is 2.54. The molecule has 1 aliphatic rings. The van der Waals surface area contributed by atoms with Gasteiger partial charge < -0.3 is 14.7 Å². The number of nitrogens with one attached hydrogen (secondary N) is 1. The van der Waals surface area contributed by atoms with Crippen LogP contribution in [0.15, 0.2) is 30.3 Å². The fourth-order valence-corrected chi connectivity index (χ4v) is 3.10. The van der Waals surface area contributed by atoms with Crippen LogP contribution < -0.4 is 16.0 Å². The molecule has 3 N–H and O–H groups in total. The largest absolute Gasteiger partial charge is 0.467 e. The highest BCUT2D eigenvalue weighted by Gasteiger charge is 2.44. The normalized spacial score (nSPS) is 19.8. The number of anilines is 1. The summed E-state index contributed by atoms with van der Waals surface area (Å²) >= 11 is 0. The third-order valence-corrected chi connectivity index (χ3v) is 4.38. The second kappa shape index (κ2) is 5.20. The minimum atomic E-state index is 0.314. The molecule has 4 rings (SSSR count). The van der Waals surface area contributed by atoms with E-state index in [9.17, 15) is 0 Å². The van der Waals surface area contributed by atoms with Crippen LogP contribution in [0.3, 0.4) is 0 Å². The molecule has 0 radical (unpaired) electrons. The molecule has 2 heterocycles. The van der Waals surface area contributed by atoms with Crippen LogP contribution in [-0.2, 0) is 7.05 Å². The van der Waals surface area contributed by atoms with Crippen LogP contribution in [0.2, 0.25) is 0 Å². The molecule has 0 aliphatic heterocycles. The average Bonchev–Trinajstić information content (AvgIpc) is 3.33. The number of imidazole rings is 1. The van der Waals surface area contributed by atoms with Crippen LogP contribution in [0.25, 0.3) is 11.0 Å². The van der Waals surface area contributed by atoms with Crippen molar-refractivity contribution in [1.29, 1.82) is 0 Å². The minimum absolute atomic E-state index is 0.314. The first-order chi connectivity index (χ1) is 11.2. The molecule has 2 aromatic heterocycles. The van der Waals surface area contributed by atoms with Crippen molar-refractivity contribution in [2.45, 2.75) is 18.3 Å². The van der Waals surface area contributed by atoms with E-state index in [1.165, 1.54) is 0 Å². The van der Waals surface area contributed by atoms with Gasteiger partial charge in [0.15, 0.2) is 0 Å². The Hall–Kier alpha value is -2.67. The highest BCUT2D eigenvalue weighted by atomic mass is 16.5. The lowest BCUT2D eigenvalue weighted by atomic mass is 10.2. The number of benzene rings is 1. The number of ether oxygens (including phenoxy) is 1. The maximum absolute atomic E-state index is 5.47. The van der Waals surface area contributed by atoms with Gasteiger partial charge in [0.2, 0.25) is 0 Å². The summed E-state index contributed by atoms with van der Waals surface area (Å²) in [5.74, 6) is 7.80. The number of hydrazine groups is 1. The lowest BCUT2D eigenvalue weighted by Crippen LogP contribution is -2.10. The molecular weight excluding hydrogens is 292 g/mol. The Morgan fingerprint density at radius 2 is 2.04 bits per heavy atom. The van der Waals surface area contributed by atoms with Crippen LogP contribution in [0.1, 0.15) is 29.8 Å². The quantitative estimate of drug-likeness (QED) is 0.565. The molecule has 0 amide bonds. The van der Waals surface area contributed by atoms with Gasteiger partial charge in [-0.1, -0.05) is 12.1 Å². The van der Waals surface area contributed by atoms with Crippen molar-refractivity contribution in [3.05, 3.63) is 41.9 Å². The predicted octanol–water partition coefficient (Wildman–Crippen LogP) is 1.93. The second-order valence-corrected chi connectivity index (χ2v) is 5.78. The van der Waals surface area contributed by atoms with Crippen molar-refractivity contribution in [2.75, 3.05) is 12.5 Å². The molecule has 3 aromatic rings. The molecule has 0 bridgehead atoms. The first-order valence-corrected chi connectivity index (χ1v) is 7.52. The van der Waals surface area contributed by atoms with Gasteiger partial charge in [-0.2, -0.15) is 9.97 Å². The molecule has 0 saturated heterocycles. The lowest BCUT2D eigenvalue weighted by Gasteiger charge is -2.06. The Kier molecular flexibility index (Phi) is 3.16. The third kappa shape index (κ3) is 2.29. The van der Waals surface area contributed by atoms with Crippen LogP contribution >= 0.6 is 0 Å². The molecule has 23 heavy (non-hydrogen) atoms. The summed E-state index contributed by atoms with van der Waals surface area (Å²) in [6.07, 6.45) is 1.02. The summed E-state index contributed by atoms with van der Waals surface area (Å²) in [6.45, 7) is 0. The van der Waals surface area contributed by atoms with E-state index in [4.69, 9.17) is 15.6 Å². The zero-order chi connectivity index (χ0) is 16.0. The van der Waals surface area contributed by atoms with Gasteiger partial charge in [0, 0.05) is 24.9 Å². The van der Waals surface area contributed by atoms with Crippen LogP contribution in [0.5, 0.6) is 6.01 Å². The zero-order valence-electron chi connectivity index (χ0n) is 13.0. The van der Waals surface area contributed by atoms with E-state index in [0.717, 1.165) is 29.0 Å². The van der Waals surface area contributed by atoms with Crippen molar-refractivity contribution < 1.29 is 4.74 Å². The number of nitrogens with two attached hydrogens (primary N) is 1. The Labute approximate surface area is 133 Å². The molecule has 1 saturated carbocycles. The Bertz CT molecular complexity index is 852. The topological polar surface area (TPSA) is 90.9 Å². The number of methoxy groups -OCH3 is 1. The third-order valence-electron chi connectivity index (χ3n) is 4.38. The minimum Gasteiger partial charge on any atom is -0.467 e. The van der Waals surface area contributed by atoms with Gasteiger partial charge in [-0.05, 0) is 18.6 Å². The zero-order valence-corrected chi connectivity index (χ0v) is 13.0. The Morgan fingerprint density at radius 1 is 1.22 bits per heavy atom. The van der Waals surface area contributed by atoms with E-state index in [2.05, 4.69) is 33.1 Å². The van der Waals surface area contributed by atoms with Gasteiger partial charge in [-0.25, -0.2) is 10.8 Å². The summed E-state index contributed by atoms with van der Waals surface area (Å²) in [4.78, 5) is 13.4. The number of hydrogen-bond donors (Lipinski definition) is 2. The van der Waals surface area contributed by atoms with Gasteiger partial charge in [-0.3, -0.25) is 0 Å². The molecule has 7 heteroatoms. The smallest absolute Gasteiger partial charge is 0.318 e. The first kappa shape index (κ1) is 14.0. The maximum Gasteiger partial charge on any atom is 0.318 e. The van der Waals surface area contributed by atoms with Crippen LogP contribution in [-0.4, -0.2) is 26.6 Å². The monoisotopic (exact) mass is 310 g/mol. The predicted molar refractivity (Wildman–Crippen MR) is 87.2 cm³/mol. The number of hydrogen-bond acceptors (Lipinski definition) is 6. The lowest BCUT2D eigenvalue weighted by molar-refractivity contribution is 0.378. The van der Waals surface area contributed by atoms with E-state index in [0.29, 0.717) is 23.7 Å². The van der Waals surface area contributed by atoms with E-state index < -0.39 is 0 Å². The van der Waals surface area contributed by atoms with E-state index in [-0.39, 0.29) is 0 Å². The highest BCUT2D eigenvalue weighted by molar-refractivity contribution is 5.76. The fourth-order valence-electron chi connectivity index (χ4n) is 3.10. The maximum atomic E-state index is 5.47. The molecular formula is C16H18N6O. The second-order valence-electron chi connectivity index (χ2n) is 5.78. The number of para-hydroxylation sites is 2. The van der Waals surface area contributed by atoms with Crippen molar-refractivity contribution in [2.24, 2.45) is 12.9 Å². The van der Waals surface area contributed by atoms with Crippen LogP contribution in [0.4, 0.5) is 5.82 Å². The summed E-state index contributed by atoms with van der Waals surface area (Å²) in [5.41, 5.74) is 5.67. The Morgan fingerprint density at radius 3 is 2.78 bits per heavy atom. The molecule has 2 atom stereocenters. The van der Waals surface area contributed by atoms with E-state index in [1.807, 2.05) is 24.3 Å². The first-order valence-electron chi connectivity index (χ1n) is 7.52. The fraction of sp³-hybridized carbons (Fsp3) is 0.312. The van der Waals surface area contributed by atoms with Crippen molar-refractivity contribution in [1.82, 2.24) is 19.5 Å². The van der Waals surface area contributed by atoms with Crippen molar-refractivity contribution in [3.8, 4) is 6.01 Å². The molecule has 1 aliphatic carbocycles. The van der Waals surface area contributed by atoms with Gasteiger partial charge in [0.1, 0.15) is 11.6 Å². The van der Waals surface area contributed by atoms with Gasteiger partial charge in [0.25, 0.3) is 0 Å². The SMILES string of the molecule is COc1nc(NN)cc(C2CC2c2nc3ccccc3n2C)n1. The Balaban J connectivity index is 1.68. The van der Waals surface area contributed by atoms with E-state index >= 15 is 0 Å². The molecule has 118 valence electrons. The molecule has 1 aromatic carbocycles. The van der Waals surface area contributed by atoms with Crippen LogP contribution in [0, 0.1) is 0 Å². The number of nitrogens with zero attached hydrogens (tertiary/aromatic N) is 4. The summed E-state index contributed by atoms with van der Waals surface area (Å²) in [7, 11) is 3.61. The van der Waals surface area contributed by atoms with Gasteiger partial charge >= 0.3 is 6.01 Å². The standard InChI is InChI=1S/C16H18N6O/c1-22-13-6-4-3-5-11(13)18-15(22)10-7-9(10)12-8-14(21-17)20-16(19-12)23-2/h3-6,8-10H,7,17H2,1-2H3,(H,19,20,21). The number of fused-ring (bicyclic) bond motifs is 1. The molecule has 2 unspecified atom stereocenters. The van der Waals surface area contributed by atoms with Crippen molar-refractivity contribution >= 4 is 16.9 Å². The summed E-state index contributed by atoms with van der Waals surface area (Å²) < 4.78 is 7.32. The van der Waals surface area contributed by atoms with E-state index in [1.54, 1.807) is 7.11 Å². The van der Waals surface area contributed by atoms with Gasteiger partial charge in [-0.15, -0.1) is 0 Å². The average molecular weight is 310 g/mol. The molecule has 1 fully saturated rings. The number of aryl methyl sites for hydroxylation is 1.